The Labute approximate surface area is 132 Å². The van der Waals surface area contributed by atoms with Crippen molar-refractivity contribution in [3.05, 3.63) is 42.5 Å². The van der Waals surface area contributed by atoms with Crippen molar-refractivity contribution in [1.29, 1.82) is 0 Å². The molecule has 0 N–H and O–H groups in total. The molecule has 0 saturated heterocycles. The van der Waals surface area contributed by atoms with E-state index in [1.807, 2.05) is 36.4 Å². The van der Waals surface area contributed by atoms with Gasteiger partial charge in [-0.25, -0.2) is 0 Å². The second-order valence-corrected chi connectivity index (χ2v) is 5.94. The summed E-state index contributed by atoms with van der Waals surface area (Å²) in [5.41, 5.74) is 0.872. The van der Waals surface area contributed by atoms with Crippen LogP contribution in [0, 0.1) is 0 Å². The van der Waals surface area contributed by atoms with Gasteiger partial charge in [-0.15, -0.1) is 10.2 Å². The molecular formula is C16H15N3O2S. The largest absolute Gasteiger partial charge is 0.411 e. The van der Waals surface area contributed by atoms with Crippen molar-refractivity contribution in [2.75, 3.05) is 19.8 Å². The second-order valence-electron chi connectivity index (χ2n) is 5.01. The molecule has 3 rings (SSSR count). The van der Waals surface area contributed by atoms with Gasteiger partial charge in [-0.1, -0.05) is 42.1 Å². The third-order valence-corrected chi connectivity index (χ3v) is 4.02. The highest BCUT2D eigenvalue weighted by Crippen LogP contribution is 2.26. The minimum Gasteiger partial charge on any atom is -0.411 e. The predicted octanol–water partition coefficient (Wildman–Crippen LogP) is 3.07. The Balaban J connectivity index is 1.78. The number of thioether (sulfide) groups is 1. The lowest BCUT2D eigenvalue weighted by Gasteiger charge is -2.07. The average molecular weight is 313 g/mol. The molecular weight excluding hydrogens is 298 g/mol. The summed E-state index contributed by atoms with van der Waals surface area (Å²) in [6.45, 7) is 0. The second kappa shape index (κ2) is 6.19. The van der Waals surface area contributed by atoms with Crippen LogP contribution in [-0.4, -0.2) is 40.9 Å². The van der Waals surface area contributed by atoms with Gasteiger partial charge in [-0.3, -0.25) is 4.79 Å². The highest BCUT2D eigenvalue weighted by molar-refractivity contribution is 7.99. The van der Waals surface area contributed by atoms with Gasteiger partial charge in [0.15, 0.2) is 0 Å². The van der Waals surface area contributed by atoms with E-state index in [1.165, 1.54) is 16.7 Å². The van der Waals surface area contributed by atoms with Crippen LogP contribution in [0.25, 0.3) is 22.2 Å². The summed E-state index contributed by atoms with van der Waals surface area (Å²) in [5, 5.41) is 10.7. The topological polar surface area (TPSA) is 59.2 Å². The number of nitrogens with zero attached hydrogens (tertiary/aromatic N) is 3. The van der Waals surface area contributed by atoms with Crippen molar-refractivity contribution < 1.29 is 9.21 Å². The van der Waals surface area contributed by atoms with Gasteiger partial charge in [-0.05, 0) is 22.9 Å². The lowest BCUT2D eigenvalue weighted by molar-refractivity contribution is -0.125. The first-order chi connectivity index (χ1) is 10.6. The molecule has 112 valence electrons. The van der Waals surface area contributed by atoms with Crippen LogP contribution in [-0.2, 0) is 4.79 Å². The molecule has 0 saturated carbocycles. The Hall–Kier alpha value is -2.34. The third-order valence-electron chi connectivity index (χ3n) is 3.22. The van der Waals surface area contributed by atoms with Crippen LogP contribution in [0.15, 0.2) is 52.1 Å². The van der Waals surface area contributed by atoms with Gasteiger partial charge >= 0.3 is 0 Å². The molecule has 1 amide bonds. The van der Waals surface area contributed by atoms with E-state index >= 15 is 0 Å². The zero-order valence-corrected chi connectivity index (χ0v) is 13.1. The maximum absolute atomic E-state index is 11.6. The van der Waals surface area contributed by atoms with Crippen LogP contribution in [0.1, 0.15) is 0 Å². The number of hydrogen-bond donors (Lipinski definition) is 0. The van der Waals surface area contributed by atoms with Gasteiger partial charge in [0.2, 0.25) is 11.8 Å². The molecule has 0 aliphatic heterocycles. The molecule has 0 aliphatic rings. The van der Waals surface area contributed by atoms with Gasteiger partial charge in [0.25, 0.3) is 5.22 Å². The monoisotopic (exact) mass is 313 g/mol. The number of carbonyl (C=O) groups excluding carboxylic acids is 1. The van der Waals surface area contributed by atoms with E-state index < -0.39 is 0 Å². The highest BCUT2D eigenvalue weighted by atomic mass is 32.2. The summed E-state index contributed by atoms with van der Waals surface area (Å²) in [7, 11) is 3.44. The van der Waals surface area contributed by atoms with Crippen molar-refractivity contribution in [3.63, 3.8) is 0 Å². The summed E-state index contributed by atoms with van der Waals surface area (Å²) in [4.78, 5) is 13.1. The van der Waals surface area contributed by atoms with Crippen LogP contribution in [0.2, 0.25) is 0 Å². The van der Waals surface area contributed by atoms with E-state index in [0.717, 1.165) is 16.3 Å². The molecule has 3 aromatic rings. The molecule has 0 aliphatic carbocycles. The number of benzene rings is 2. The average Bonchev–Trinajstić information content (AvgIpc) is 3.01. The fraction of sp³-hybridized carbons (Fsp3) is 0.188. The van der Waals surface area contributed by atoms with E-state index in [-0.39, 0.29) is 11.7 Å². The number of carbonyl (C=O) groups is 1. The van der Waals surface area contributed by atoms with E-state index in [9.17, 15) is 4.79 Å². The minimum atomic E-state index is 0.00968. The fourth-order valence-corrected chi connectivity index (χ4v) is 2.70. The smallest absolute Gasteiger partial charge is 0.277 e. The number of fused-ring (bicyclic) bond motifs is 1. The first-order valence-electron chi connectivity index (χ1n) is 6.79. The minimum absolute atomic E-state index is 0.00968. The van der Waals surface area contributed by atoms with Crippen LogP contribution < -0.4 is 0 Å². The normalized spacial score (nSPS) is 10.8. The molecule has 1 heterocycles. The maximum Gasteiger partial charge on any atom is 0.277 e. The standard InChI is InChI=1S/C16H15N3O2S/c1-19(2)14(20)10-22-16-18-17-15(21-16)13-8-7-11-5-3-4-6-12(11)9-13/h3-9H,10H2,1-2H3. The van der Waals surface area contributed by atoms with Gasteiger partial charge in [0, 0.05) is 19.7 Å². The Morgan fingerprint density at radius 1 is 1.14 bits per heavy atom. The molecule has 0 spiro atoms. The Bertz CT molecular complexity index is 814. The number of rotatable bonds is 4. The van der Waals surface area contributed by atoms with Crippen molar-refractivity contribution in [2.24, 2.45) is 0 Å². The van der Waals surface area contributed by atoms with Crippen LogP contribution in [0.5, 0.6) is 0 Å². The lowest BCUT2D eigenvalue weighted by Crippen LogP contribution is -2.23. The first-order valence-corrected chi connectivity index (χ1v) is 7.77. The molecule has 2 aromatic carbocycles. The van der Waals surface area contributed by atoms with Crippen LogP contribution in [0.3, 0.4) is 0 Å². The molecule has 0 unspecified atom stereocenters. The summed E-state index contributed by atoms with van der Waals surface area (Å²) < 4.78 is 5.62. The Morgan fingerprint density at radius 3 is 2.68 bits per heavy atom. The molecule has 6 heteroatoms. The van der Waals surface area contributed by atoms with Gasteiger partial charge in [0.05, 0.1) is 5.75 Å². The van der Waals surface area contributed by atoms with Crippen molar-refractivity contribution in [1.82, 2.24) is 15.1 Å². The third kappa shape index (κ3) is 3.12. The first kappa shape index (κ1) is 14.6. The zero-order chi connectivity index (χ0) is 15.5. The summed E-state index contributed by atoms with van der Waals surface area (Å²) in [6, 6.07) is 14.1. The summed E-state index contributed by atoms with van der Waals surface area (Å²) in [5.74, 6) is 0.757. The molecule has 1 aromatic heterocycles. The summed E-state index contributed by atoms with van der Waals surface area (Å²) in [6.07, 6.45) is 0. The lowest BCUT2D eigenvalue weighted by atomic mass is 10.1. The number of amides is 1. The van der Waals surface area contributed by atoms with Crippen LogP contribution in [0.4, 0.5) is 0 Å². The predicted molar refractivity (Wildman–Crippen MR) is 86.7 cm³/mol. The van der Waals surface area contributed by atoms with Gasteiger partial charge in [-0.2, -0.15) is 0 Å². The maximum atomic E-state index is 11.6. The van der Waals surface area contributed by atoms with Crippen LogP contribution >= 0.6 is 11.8 Å². The number of aromatic nitrogens is 2. The Kier molecular flexibility index (Phi) is 4.11. The molecule has 22 heavy (non-hydrogen) atoms. The molecule has 0 radical (unpaired) electrons. The SMILES string of the molecule is CN(C)C(=O)CSc1nnc(-c2ccc3ccccc3c2)o1. The summed E-state index contributed by atoms with van der Waals surface area (Å²) >= 11 is 1.24. The van der Waals surface area contributed by atoms with Crippen molar-refractivity contribution in [3.8, 4) is 11.5 Å². The number of hydrogen-bond acceptors (Lipinski definition) is 5. The molecule has 5 nitrogen and oxygen atoms in total. The van der Waals surface area contributed by atoms with E-state index in [4.69, 9.17) is 4.42 Å². The zero-order valence-electron chi connectivity index (χ0n) is 12.3. The highest BCUT2D eigenvalue weighted by Gasteiger charge is 2.12. The molecule has 0 fully saturated rings. The molecule has 0 bridgehead atoms. The van der Waals surface area contributed by atoms with Crippen molar-refractivity contribution in [2.45, 2.75) is 5.22 Å². The Morgan fingerprint density at radius 2 is 1.91 bits per heavy atom. The van der Waals surface area contributed by atoms with Gasteiger partial charge < -0.3 is 9.32 Å². The quantitative estimate of drug-likeness (QED) is 0.693. The van der Waals surface area contributed by atoms with Crippen molar-refractivity contribution >= 4 is 28.4 Å². The van der Waals surface area contributed by atoms with E-state index in [0.29, 0.717) is 11.1 Å². The molecule has 0 atom stereocenters. The van der Waals surface area contributed by atoms with E-state index in [1.54, 1.807) is 14.1 Å². The fourth-order valence-electron chi connectivity index (χ4n) is 1.96. The van der Waals surface area contributed by atoms with Gasteiger partial charge in [0.1, 0.15) is 0 Å². The van der Waals surface area contributed by atoms with E-state index in [2.05, 4.69) is 16.3 Å².